The van der Waals surface area contributed by atoms with Gasteiger partial charge in [0.05, 0.1) is 33.0 Å². The molecule has 4 nitrogen and oxygen atoms in total. The first kappa shape index (κ1) is 19.6. The molecule has 1 aromatic carbocycles. The summed E-state index contributed by atoms with van der Waals surface area (Å²) >= 11 is 0. The molecule has 0 aromatic heterocycles. The van der Waals surface area contributed by atoms with Crippen LogP contribution in [0, 0.1) is 5.41 Å². The normalized spacial score (nSPS) is 19.8. The van der Waals surface area contributed by atoms with Gasteiger partial charge >= 0.3 is 0 Å². The zero-order chi connectivity index (χ0) is 18.4. The molecule has 0 amide bonds. The minimum Gasteiger partial charge on any atom is -0.394 e. The second kappa shape index (κ2) is 9.14. The van der Waals surface area contributed by atoms with E-state index in [9.17, 15) is 0 Å². The molecule has 26 heavy (non-hydrogen) atoms. The van der Waals surface area contributed by atoms with E-state index in [2.05, 4.69) is 43.0 Å². The summed E-state index contributed by atoms with van der Waals surface area (Å²) < 4.78 is 10.8. The van der Waals surface area contributed by atoms with Gasteiger partial charge in [-0.3, -0.25) is 0 Å². The standard InChI is InChI=1S/C22H33NO3/c1-22(2)17-19-5-3-4-6-20(19)21(22)18-7-9-23(10-8-18)11-13-25-15-16-26-14-12-24/h3-6,24H,7-17H2,1-2H3. The number of hydrogen-bond acceptors (Lipinski definition) is 4. The number of hydrogen-bond donors (Lipinski definition) is 1. The van der Waals surface area contributed by atoms with E-state index in [-0.39, 0.29) is 12.0 Å². The van der Waals surface area contributed by atoms with Gasteiger partial charge in [-0.05, 0) is 41.4 Å². The van der Waals surface area contributed by atoms with Gasteiger partial charge in [0, 0.05) is 19.6 Å². The Morgan fingerprint density at radius 3 is 2.42 bits per heavy atom. The highest BCUT2D eigenvalue weighted by Gasteiger charge is 2.35. The number of aliphatic hydroxyl groups is 1. The molecule has 1 aliphatic heterocycles. The number of likely N-dealkylation sites (tertiary alicyclic amines) is 1. The Balaban J connectivity index is 1.48. The SMILES string of the molecule is CC1(C)Cc2ccccc2C1=C1CCN(CCOCCOCCO)CC1. The molecule has 0 radical (unpaired) electrons. The molecule has 2 aliphatic rings. The second-order valence-electron chi connectivity index (χ2n) is 7.99. The maximum absolute atomic E-state index is 8.65. The largest absolute Gasteiger partial charge is 0.394 e. The predicted octanol–water partition coefficient (Wildman–Crippen LogP) is 3.14. The molecule has 0 unspecified atom stereocenters. The highest BCUT2D eigenvalue weighted by Crippen LogP contribution is 2.49. The zero-order valence-corrected chi connectivity index (χ0v) is 16.3. The Morgan fingerprint density at radius 2 is 1.69 bits per heavy atom. The number of piperidine rings is 1. The van der Waals surface area contributed by atoms with Crippen molar-refractivity contribution in [1.82, 2.24) is 4.90 Å². The van der Waals surface area contributed by atoms with E-state index in [0.717, 1.165) is 32.7 Å². The third-order valence-electron chi connectivity index (χ3n) is 5.57. The van der Waals surface area contributed by atoms with Crippen LogP contribution in [0.4, 0.5) is 0 Å². The maximum Gasteiger partial charge on any atom is 0.0701 e. The molecule has 1 N–H and O–H groups in total. The van der Waals surface area contributed by atoms with E-state index >= 15 is 0 Å². The summed E-state index contributed by atoms with van der Waals surface area (Å²) in [7, 11) is 0. The maximum atomic E-state index is 8.65. The Kier molecular flexibility index (Phi) is 6.87. The average Bonchev–Trinajstić information content (AvgIpc) is 2.91. The van der Waals surface area contributed by atoms with Gasteiger partial charge in [0.15, 0.2) is 0 Å². The first-order valence-corrected chi connectivity index (χ1v) is 9.91. The van der Waals surface area contributed by atoms with Gasteiger partial charge in [-0.1, -0.05) is 43.7 Å². The van der Waals surface area contributed by atoms with Gasteiger partial charge in [0.1, 0.15) is 0 Å². The number of rotatable bonds is 8. The van der Waals surface area contributed by atoms with Crippen LogP contribution in [0.3, 0.4) is 0 Å². The van der Waals surface area contributed by atoms with Crippen molar-refractivity contribution in [2.75, 3.05) is 52.7 Å². The van der Waals surface area contributed by atoms with Gasteiger partial charge < -0.3 is 19.5 Å². The minimum absolute atomic E-state index is 0.0763. The first-order chi connectivity index (χ1) is 12.6. The summed E-state index contributed by atoms with van der Waals surface area (Å²) in [6.07, 6.45) is 3.51. The fourth-order valence-electron chi connectivity index (χ4n) is 4.39. The van der Waals surface area contributed by atoms with Crippen LogP contribution in [0.5, 0.6) is 0 Å². The zero-order valence-electron chi connectivity index (χ0n) is 16.3. The average molecular weight is 360 g/mol. The van der Waals surface area contributed by atoms with Gasteiger partial charge in [-0.2, -0.15) is 0 Å². The third-order valence-corrected chi connectivity index (χ3v) is 5.57. The lowest BCUT2D eigenvalue weighted by Gasteiger charge is -2.32. The number of nitrogens with zero attached hydrogens (tertiary/aromatic N) is 1. The Hall–Kier alpha value is -1.20. The van der Waals surface area contributed by atoms with Gasteiger partial charge in [-0.15, -0.1) is 0 Å². The van der Waals surface area contributed by atoms with E-state index < -0.39 is 0 Å². The molecular weight excluding hydrogens is 326 g/mol. The molecule has 3 rings (SSSR count). The molecular formula is C22H33NO3. The molecule has 0 atom stereocenters. The van der Waals surface area contributed by atoms with E-state index in [1.807, 2.05) is 0 Å². The number of ether oxygens (including phenoxy) is 2. The monoisotopic (exact) mass is 359 g/mol. The number of aliphatic hydroxyl groups excluding tert-OH is 1. The fourth-order valence-corrected chi connectivity index (χ4v) is 4.39. The summed E-state index contributed by atoms with van der Waals surface area (Å²) in [6.45, 7) is 10.4. The van der Waals surface area contributed by atoms with Crippen LogP contribution < -0.4 is 0 Å². The highest BCUT2D eigenvalue weighted by atomic mass is 16.5. The lowest BCUT2D eigenvalue weighted by atomic mass is 9.80. The van der Waals surface area contributed by atoms with Crippen molar-refractivity contribution in [2.45, 2.75) is 33.1 Å². The van der Waals surface area contributed by atoms with Crippen LogP contribution in [0.1, 0.15) is 37.8 Å². The molecule has 1 aromatic rings. The smallest absolute Gasteiger partial charge is 0.0701 e. The fraction of sp³-hybridized carbons (Fsp3) is 0.636. The summed E-state index contributed by atoms with van der Waals surface area (Å²) in [6, 6.07) is 8.95. The third kappa shape index (κ3) is 4.74. The lowest BCUT2D eigenvalue weighted by Crippen LogP contribution is -2.34. The molecule has 0 spiro atoms. The highest BCUT2D eigenvalue weighted by molar-refractivity contribution is 5.79. The van der Waals surface area contributed by atoms with E-state index in [1.54, 1.807) is 11.1 Å². The van der Waals surface area contributed by atoms with Crippen molar-refractivity contribution in [3.63, 3.8) is 0 Å². The summed E-state index contributed by atoms with van der Waals surface area (Å²) in [5.41, 5.74) is 6.55. The molecule has 1 fully saturated rings. The lowest BCUT2D eigenvalue weighted by molar-refractivity contribution is 0.0260. The number of fused-ring (bicyclic) bond motifs is 1. The van der Waals surface area contributed by atoms with E-state index in [0.29, 0.717) is 19.8 Å². The molecule has 4 heteroatoms. The van der Waals surface area contributed by atoms with Crippen LogP contribution >= 0.6 is 0 Å². The summed E-state index contributed by atoms with van der Waals surface area (Å²) in [5, 5.41) is 8.65. The van der Waals surface area contributed by atoms with Gasteiger partial charge in [0.2, 0.25) is 0 Å². The first-order valence-electron chi connectivity index (χ1n) is 9.91. The van der Waals surface area contributed by atoms with Crippen molar-refractivity contribution in [3.8, 4) is 0 Å². The Bertz CT molecular complexity index is 614. The summed E-state index contributed by atoms with van der Waals surface area (Å²) in [4.78, 5) is 2.51. The van der Waals surface area contributed by atoms with Gasteiger partial charge in [0.25, 0.3) is 0 Å². The van der Waals surface area contributed by atoms with Crippen molar-refractivity contribution in [2.24, 2.45) is 5.41 Å². The van der Waals surface area contributed by atoms with Crippen molar-refractivity contribution < 1.29 is 14.6 Å². The van der Waals surface area contributed by atoms with E-state index in [1.165, 1.54) is 24.0 Å². The molecule has 0 bridgehead atoms. The van der Waals surface area contributed by atoms with Gasteiger partial charge in [-0.25, -0.2) is 0 Å². The number of allylic oxidation sites excluding steroid dienone is 1. The topological polar surface area (TPSA) is 41.9 Å². The van der Waals surface area contributed by atoms with Crippen LogP contribution in [0.15, 0.2) is 29.8 Å². The second-order valence-corrected chi connectivity index (χ2v) is 7.99. The molecule has 1 saturated heterocycles. The van der Waals surface area contributed by atoms with Crippen LogP contribution in [-0.4, -0.2) is 62.7 Å². The molecule has 1 aliphatic carbocycles. The Labute approximate surface area is 157 Å². The molecule has 0 saturated carbocycles. The number of benzene rings is 1. The summed E-state index contributed by atoms with van der Waals surface area (Å²) in [5.74, 6) is 0. The van der Waals surface area contributed by atoms with Crippen LogP contribution in [-0.2, 0) is 15.9 Å². The van der Waals surface area contributed by atoms with Crippen molar-refractivity contribution >= 4 is 5.57 Å². The predicted molar refractivity (Wildman–Crippen MR) is 105 cm³/mol. The van der Waals surface area contributed by atoms with Crippen LogP contribution in [0.25, 0.3) is 5.57 Å². The van der Waals surface area contributed by atoms with Crippen molar-refractivity contribution in [1.29, 1.82) is 0 Å². The Morgan fingerprint density at radius 1 is 1.00 bits per heavy atom. The van der Waals surface area contributed by atoms with Crippen molar-refractivity contribution in [3.05, 3.63) is 41.0 Å². The van der Waals surface area contributed by atoms with E-state index in [4.69, 9.17) is 14.6 Å². The quantitative estimate of drug-likeness (QED) is 0.724. The molecule has 1 heterocycles. The van der Waals surface area contributed by atoms with Crippen LogP contribution in [0.2, 0.25) is 0 Å². The molecule has 144 valence electrons. The minimum atomic E-state index is 0.0763.